The summed E-state index contributed by atoms with van der Waals surface area (Å²) in [6.45, 7) is 7.71. The minimum atomic E-state index is -0.807. The first-order valence-corrected chi connectivity index (χ1v) is 8.59. The second-order valence-corrected chi connectivity index (χ2v) is 7.86. The van der Waals surface area contributed by atoms with Gasteiger partial charge in [0.1, 0.15) is 0 Å². The van der Waals surface area contributed by atoms with Crippen LogP contribution < -0.4 is 0 Å². The van der Waals surface area contributed by atoms with Crippen molar-refractivity contribution in [3.8, 4) is 0 Å². The molecule has 0 aliphatic heterocycles. The molecule has 3 N–H and O–H groups in total. The number of hydrogen-bond donors (Lipinski definition) is 3. The number of hydrogen-bond acceptors (Lipinski definition) is 3. The van der Waals surface area contributed by atoms with Gasteiger partial charge in [0.25, 0.3) is 0 Å². The lowest BCUT2D eigenvalue weighted by Gasteiger charge is -2.54. The van der Waals surface area contributed by atoms with Crippen LogP contribution in [-0.2, 0) is 10.2 Å². The Morgan fingerprint density at radius 3 is 2.67 bits per heavy atom. The molecule has 4 nitrogen and oxygen atoms in total. The highest BCUT2D eigenvalue weighted by atomic mass is 16.4. The van der Waals surface area contributed by atoms with E-state index in [2.05, 4.69) is 13.5 Å². The summed E-state index contributed by atoms with van der Waals surface area (Å²) in [7, 11) is 0. The molecule has 0 heterocycles. The highest BCUT2D eigenvalue weighted by Gasteiger charge is 2.56. The lowest BCUT2D eigenvalue weighted by atomic mass is 9.49. The predicted octanol–water partition coefficient (Wildman–Crippen LogP) is 3.28. The molecule has 0 radical (unpaired) electrons. The number of carbonyl (C=O) groups is 1. The summed E-state index contributed by atoms with van der Waals surface area (Å²) in [5.74, 6) is -0.856. The number of aliphatic carboxylic acids is 1. The van der Waals surface area contributed by atoms with E-state index in [0.29, 0.717) is 18.4 Å². The zero-order valence-corrected chi connectivity index (χ0v) is 14.4. The second-order valence-electron chi connectivity index (χ2n) is 7.86. The van der Waals surface area contributed by atoms with Crippen molar-refractivity contribution >= 4 is 11.5 Å². The number of aliphatic hydroxyl groups is 2. The molecule has 1 saturated carbocycles. The van der Waals surface area contributed by atoms with Crippen molar-refractivity contribution in [2.24, 2.45) is 11.3 Å². The van der Waals surface area contributed by atoms with E-state index < -0.39 is 17.5 Å². The molecule has 1 aromatic rings. The van der Waals surface area contributed by atoms with Gasteiger partial charge in [0, 0.05) is 0 Å². The molecular formula is C20H26O4. The molecule has 3 rings (SSSR count). The van der Waals surface area contributed by atoms with Crippen LogP contribution in [0, 0.1) is 11.3 Å². The normalized spacial score (nSPS) is 35.0. The highest BCUT2D eigenvalue weighted by Crippen LogP contribution is 2.59. The van der Waals surface area contributed by atoms with Crippen molar-refractivity contribution in [2.45, 2.75) is 51.0 Å². The first kappa shape index (κ1) is 17.2. The largest absolute Gasteiger partial charge is 0.481 e. The second kappa shape index (κ2) is 5.71. The standard InChI is InChI=1S/C20H26O4/c1-12(11-21)13-5-6-15-14(9-13)16(22)10-17-19(15,2)7-4-8-20(17,3)18(23)24/h5-6,9,16-17,21-22H,1,4,7-8,10-11H2,2-3H3,(H,23,24)/t16-,17?,19-,20+/m1/s1. The highest BCUT2D eigenvalue weighted by molar-refractivity contribution is 5.75. The molecule has 0 spiro atoms. The van der Waals surface area contributed by atoms with Crippen LogP contribution in [0.25, 0.3) is 5.57 Å². The maximum atomic E-state index is 12.0. The van der Waals surface area contributed by atoms with E-state index in [4.69, 9.17) is 0 Å². The molecule has 2 aliphatic rings. The van der Waals surface area contributed by atoms with Crippen LogP contribution in [0.3, 0.4) is 0 Å². The number of carboxylic acids is 1. The van der Waals surface area contributed by atoms with E-state index in [0.717, 1.165) is 29.5 Å². The number of aliphatic hydroxyl groups excluding tert-OH is 2. The van der Waals surface area contributed by atoms with E-state index in [1.165, 1.54) is 0 Å². The maximum absolute atomic E-state index is 12.0. The molecular weight excluding hydrogens is 304 g/mol. The first-order valence-electron chi connectivity index (χ1n) is 8.59. The monoisotopic (exact) mass is 330 g/mol. The topological polar surface area (TPSA) is 77.8 Å². The first-order chi connectivity index (χ1) is 11.2. The van der Waals surface area contributed by atoms with Crippen molar-refractivity contribution < 1.29 is 20.1 Å². The van der Waals surface area contributed by atoms with Crippen molar-refractivity contribution in [1.82, 2.24) is 0 Å². The van der Waals surface area contributed by atoms with E-state index in [1.807, 2.05) is 25.1 Å². The predicted molar refractivity (Wildman–Crippen MR) is 92.6 cm³/mol. The molecule has 1 aromatic carbocycles. The summed E-state index contributed by atoms with van der Waals surface area (Å²) in [6.07, 6.45) is 2.24. The fourth-order valence-electron chi connectivity index (χ4n) is 4.99. The Morgan fingerprint density at radius 1 is 1.33 bits per heavy atom. The minimum absolute atomic E-state index is 0.0920. The summed E-state index contributed by atoms with van der Waals surface area (Å²) >= 11 is 0. The van der Waals surface area contributed by atoms with Crippen LogP contribution in [0.5, 0.6) is 0 Å². The summed E-state index contributed by atoms with van der Waals surface area (Å²) in [6, 6.07) is 5.83. The number of benzene rings is 1. The van der Waals surface area contributed by atoms with E-state index in [9.17, 15) is 20.1 Å². The molecule has 0 saturated heterocycles. The zero-order chi connectivity index (χ0) is 17.7. The Kier molecular flexibility index (Phi) is 4.09. The maximum Gasteiger partial charge on any atom is 0.309 e. The van der Waals surface area contributed by atoms with Crippen molar-refractivity contribution in [3.63, 3.8) is 0 Å². The van der Waals surface area contributed by atoms with Crippen LogP contribution in [0.1, 0.15) is 62.3 Å². The van der Waals surface area contributed by atoms with Gasteiger partial charge in [-0.05, 0) is 65.8 Å². The molecule has 130 valence electrons. The van der Waals surface area contributed by atoms with Crippen LogP contribution in [0.15, 0.2) is 24.8 Å². The van der Waals surface area contributed by atoms with Gasteiger partial charge in [-0.15, -0.1) is 0 Å². The van der Waals surface area contributed by atoms with Gasteiger partial charge in [0.05, 0.1) is 18.1 Å². The summed E-state index contributed by atoms with van der Waals surface area (Å²) in [5.41, 5.74) is 2.30. The molecule has 4 atom stereocenters. The van der Waals surface area contributed by atoms with Gasteiger partial charge < -0.3 is 15.3 Å². The Hall–Kier alpha value is -1.65. The molecule has 0 amide bonds. The number of fused-ring (bicyclic) bond motifs is 3. The molecule has 1 fully saturated rings. The number of rotatable bonds is 3. The third kappa shape index (κ3) is 2.32. The molecule has 2 aliphatic carbocycles. The zero-order valence-electron chi connectivity index (χ0n) is 14.4. The lowest BCUT2D eigenvalue weighted by Crippen LogP contribution is -2.53. The van der Waals surface area contributed by atoms with Crippen molar-refractivity contribution in [1.29, 1.82) is 0 Å². The fraction of sp³-hybridized carbons (Fsp3) is 0.550. The van der Waals surface area contributed by atoms with Gasteiger partial charge in [-0.3, -0.25) is 4.79 Å². The van der Waals surface area contributed by atoms with Crippen LogP contribution in [-0.4, -0.2) is 27.9 Å². The fourth-order valence-corrected chi connectivity index (χ4v) is 4.99. The van der Waals surface area contributed by atoms with Crippen LogP contribution in [0.2, 0.25) is 0 Å². The Balaban J connectivity index is 2.13. The van der Waals surface area contributed by atoms with Gasteiger partial charge in [0.15, 0.2) is 0 Å². The number of carboxylic acid groups (broad SMARTS) is 1. The average molecular weight is 330 g/mol. The van der Waals surface area contributed by atoms with Crippen molar-refractivity contribution in [2.75, 3.05) is 6.61 Å². The summed E-state index contributed by atoms with van der Waals surface area (Å²) in [4.78, 5) is 12.0. The van der Waals surface area contributed by atoms with Crippen molar-refractivity contribution in [3.05, 3.63) is 41.5 Å². The van der Waals surface area contributed by atoms with Crippen LogP contribution in [0.4, 0.5) is 0 Å². The summed E-state index contributed by atoms with van der Waals surface area (Å²) < 4.78 is 0. The summed E-state index contributed by atoms with van der Waals surface area (Å²) in [5, 5.41) is 29.8. The Labute approximate surface area is 142 Å². The van der Waals surface area contributed by atoms with Gasteiger partial charge in [-0.1, -0.05) is 32.1 Å². The van der Waals surface area contributed by atoms with Gasteiger partial charge >= 0.3 is 5.97 Å². The lowest BCUT2D eigenvalue weighted by molar-refractivity contribution is -0.159. The molecule has 0 aromatic heterocycles. The third-order valence-corrected chi connectivity index (χ3v) is 6.50. The average Bonchev–Trinajstić information content (AvgIpc) is 2.56. The molecule has 24 heavy (non-hydrogen) atoms. The smallest absolute Gasteiger partial charge is 0.309 e. The van der Waals surface area contributed by atoms with Gasteiger partial charge in [-0.2, -0.15) is 0 Å². The Morgan fingerprint density at radius 2 is 2.04 bits per heavy atom. The van der Waals surface area contributed by atoms with E-state index in [1.54, 1.807) is 0 Å². The molecule has 4 heteroatoms. The van der Waals surface area contributed by atoms with Crippen LogP contribution >= 0.6 is 0 Å². The van der Waals surface area contributed by atoms with E-state index >= 15 is 0 Å². The quantitative estimate of drug-likeness (QED) is 0.795. The SMILES string of the molecule is C=C(CO)c1ccc2c(c1)[C@H](O)CC1[C@@](C)(C(=O)O)CCC[C@]21C. The molecule has 0 bridgehead atoms. The third-order valence-electron chi connectivity index (χ3n) is 6.50. The van der Waals surface area contributed by atoms with E-state index in [-0.39, 0.29) is 17.9 Å². The molecule has 1 unspecified atom stereocenters. The minimum Gasteiger partial charge on any atom is -0.481 e. The van der Waals surface area contributed by atoms with Gasteiger partial charge in [-0.25, -0.2) is 0 Å². The van der Waals surface area contributed by atoms with Gasteiger partial charge in [0.2, 0.25) is 0 Å². The Bertz CT molecular complexity index is 695.